The van der Waals surface area contributed by atoms with Crippen LogP contribution in [0.1, 0.15) is 25.7 Å². The van der Waals surface area contributed by atoms with Crippen molar-refractivity contribution in [2.75, 3.05) is 0 Å². The number of hydrogen-bond donors (Lipinski definition) is 2. The van der Waals surface area contributed by atoms with Crippen LogP contribution < -0.4 is 10.5 Å². The smallest absolute Gasteiger partial charge is 0.241 e. The molecule has 4 nitrogen and oxygen atoms in total. The molecule has 0 unspecified atom stereocenters. The van der Waals surface area contributed by atoms with Crippen LogP contribution in [0.3, 0.4) is 0 Å². The van der Waals surface area contributed by atoms with E-state index in [1.807, 2.05) is 42.5 Å². The molecule has 2 atom stereocenters. The summed E-state index contributed by atoms with van der Waals surface area (Å²) in [7, 11) is -3.60. The zero-order valence-corrected chi connectivity index (χ0v) is 13.8. The summed E-state index contributed by atoms with van der Waals surface area (Å²) in [6, 6.07) is 16.4. The number of rotatable bonds is 4. The first-order valence-electron chi connectivity index (χ1n) is 8.00. The van der Waals surface area contributed by atoms with Gasteiger partial charge in [-0.1, -0.05) is 61.4 Å². The lowest BCUT2D eigenvalue weighted by molar-refractivity contribution is 0.361. The fraction of sp³-hybridized carbons (Fsp3) is 0.333. The molecule has 0 saturated heterocycles. The van der Waals surface area contributed by atoms with Crippen molar-refractivity contribution in [1.82, 2.24) is 4.72 Å². The first-order chi connectivity index (χ1) is 11.1. The van der Waals surface area contributed by atoms with Crippen molar-refractivity contribution in [3.05, 3.63) is 54.6 Å². The Morgan fingerprint density at radius 2 is 1.57 bits per heavy atom. The number of nitrogens with two attached hydrogens (primary N) is 1. The second-order valence-electron chi connectivity index (χ2n) is 6.04. The van der Waals surface area contributed by atoms with E-state index in [1.165, 1.54) is 0 Å². The predicted octanol–water partition coefficient (Wildman–Crippen LogP) is 2.90. The summed E-state index contributed by atoms with van der Waals surface area (Å²) >= 11 is 0. The number of sulfonamides is 1. The predicted molar refractivity (Wildman–Crippen MR) is 92.4 cm³/mol. The van der Waals surface area contributed by atoms with Gasteiger partial charge in [-0.25, -0.2) is 13.1 Å². The molecule has 1 aliphatic rings. The van der Waals surface area contributed by atoms with Gasteiger partial charge in [-0.3, -0.25) is 0 Å². The molecule has 0 aliphatic heterocycles. The topological polar surface area (TPSA) is 72.2 Å². The Hall–Kier alpha value is -1.69. The lowest BCUT2D eigenvalue weighted by Gasteiger charge is -2.29. The van der Waals surface area contributed by atoms with Crippen molar-refractivity contribution < 1.29 is 8.42 Å². The highest BCUT2D eigenvalue weighted by Crippen LogP contribution is 2.28. The highest BCUT2D eigenvalue weighted by atomic mass is 32.2. The second-order valence-corrected chi connectivity index (χ2v) is 7.72. The highest BCUT2D eigenvalue weighted by molar-refractivity contribution is 7.89. The van der Waals surface area contributed by atoms with E-state index in [0.717, 1.165) is 31.2 Å². The fourth-order valence-electron chi connectivity index (χ4n) is 3.13. The monoisotopic (exact) mass is 330 g/mol. The normalized spacial score (nSPS) is 22.0. The van der Waals surface area contributed by atoms with Crippen LogP contribution in [0.5, 0.6) is 0 Å². The third kappa shape index (κ3) is 3.63. The molecule has 0 heterocycles. The first-order valence-corrected chi connectivity index (χ1v) is 9.48. The van der Waals surface area contributed by atoms with Crippen molar-refractivity contribution in [3.8, 4) is 11.1 Å². The van der Waals surface area contributed by atoms with Gasteiger partial charge < -0.3 is 5.73 Å². The van der Waals surface area contributed by atoms with Crippen molar-refractivity contribution >= 4 is 10.0 Å². The van der Waals surface area contributed by atoms with Gasteiger partial charge in [0.15, 0.2) is 0 Å². The third-order valence-corrected chi connectivity index (χ3v) is 5.94. The van der Waals surface area contributed by atoms with Gasteiger partial charge in [-0.05, 0) is 24.5 Å². The molecule has 0 aromatic heterocycles. The van der Waals surface area contributed by atoms with E-state index >= 15 is 0 Å². The standard InChI is InChI=1S/C18H22N2O2S/c19-16-11-5-6-12-17(16)20-23(21,22)18-13-7-4-10-15(18)14-8-2-1-3-9-14/h1-4,7-10,13,16-17,20H,5-6,11-12,19H2/t16-,17-/m1/s1. The quantitative estimate of drug-likeness (QED) is 0.905. The van der Waals surface area contributed by atoms with Crippen LogP contribution in [0.4, 0.5) is 0 Å². The van der Waals surface area contributed by atoms with E-state index in [1.54, 1.807) is 12.1 Å². The maximum Gasteiger partial charge on any atom is 0.241 e. The van der Waals surface area contributed by atoms with Gasteiger partial charge in [0.2, 0.25) is 10.0 Å². The number of nitrogens with one attached hydrogen (secondary N) is 1. The van der Waals surface area contributed by atoms with Crippen molar-refractivity contribution in [1.29, 1.82) is 0 Å². The molecule has 0 radical (unpaired) electrons. The van der Waals surface area contributed by atoms with E-state index in [0.29, 0.717) is 10.5 Å². The summed E-state index contributed by atoms with van der Waals surface area (Å²) in [5.74, 6) is 0. The lowest BCUT2D eigenvalue weighted by atomic mass is 9.92. The molecule has 23 heavy (non-hydrogen) atoms. The Labute approximate surface area is 137 Å². The molecule has 122 valence electrons. The summed E-state index contributed by atoms with van der Waals surface area (Å²) < 4.78 is 28.6. The second kappa shape index (κ2) is 6.83. The molecular weight excluding hydrogens is 308 g/mol. The Morgan fingerprint density at radius 1 is 0.913 bits per heavy atom. The van der Waals surface area contributed by atoms with Gasteiger partial charge in [0.05, 0.1) is 4.90 Å². The van der Waals surface area contributed by atoms with Gasteiger partial charge >= 0.3 is 0 Å². The molecule has 1 saturated carbocycles. The zero-order chi connectivity index (χ0) is 16.3. The SMILES string of the molecule is N[C@@H]1CCCC[C@H]1NS(=O)(=O)c1ccccc1-c1ccccc1. The van der Waals surface area contributed by atoms with Crippen LogP contribution in [-0.4, -0.2) is 20.5 Å². The van der Waals surface area contributed by atoms with Crippen LogP contribution in [-0.2, 0) is 10.0 Å². The molecule has 3 rings (SSSR count). The molecular formula is C18H22N2O2S. The molecule has 3 N–H and O–H groups in total. The molecule has 0 bridgehead atoms. The van der Waals surface area contributed by atoms with Crippen molar-refractivity contribution in [2.24, 2.45) is 5.73 Å². The third-order valence-electron chi connectivity index (χ3n) is 4.39. The molecule has 0 amide bonds. The minimum atomic E-state index is -3.60. The van der Waals surface area contributed by atoms with Crippen LogP contribution in [0, 0.1) is 0 Å². The summed E-state index contributed by atoms with van der Waals surface area (Å²) in [5.41, 5.74) is 7.69. The molecule has 2 aromatic carbocycles. The molecule has 1 fully saturated rings. The minimum absolute atomic E-state index is 0.109. The average Bonchev–Trinajstić information content (AvgIpc) is 2.58. The minimum Gasteiger partial charge on any atom is -0.326 e. The summed E-state index contributed by atoms with van der Waals surface area (Å²) in [5, 5.41) is 0. The first kappa shape index (κ1) is 16.2. The Morgan fingerprint density at radius 3 is 2.30 bits per heavy atom. The Kier molecular flexibility index (Phi) is 4.80. The van der Waals surface area contributed by atoms with Crippen LogP contribution >= 0.6 is 0 Å². The molecule has 5 heteroatoms. The molecule has 0 spiro atoms. The van der Waals surface area contributed by atoms with Gasteiger partial charge in [0.1, 0.15) is 0 Å². The van der Waals surface area contributed by atoms with Crippen LogP contribution in [0.15, 0.2) is 59.5 Å². The Bertz CT molecular complexity index is 760. The molecule has 1 aliphatic carbocycles. The maximum atomic E-state index is 12.9. The van der Waals surface area contributed by atoms with Crippen LogP contribution in [0.2, 0.25) is 0 Å². The van der Waals surface area contributed by atoms with Crippen molar-refractivity contribution in [2.45, 2.75) is 42.7 Å². The van der Waals surface area contributed by atoms with E-state index < -0.39 is 10.0 Å². The van der Waals surface area contributed by atoms with E-state index in [4.69, 9.17) is 5.73 Å². The van der Waals surface area contributed by atoms with Gasteiger partial charge in [0.25, 0.3) is 0 Å². The van der Waals surface area contributed by atoms with Crippen LogP contribution in [0.25, 0.3) is 11.1 Å². The largest absolute Gasteiger partial charge is 0.326 e. The van der Waals surface area contributed by atoms with Gasteiger partial charge in [0, 0.05) is 17.6 Å². The number of hydrogen-bond acceptors (Lipinski definition) is 3. The summed E-state index contributed by atoms with van der Waals surface area (Å²) in [6.45, 7) is 0. The van der Waals surface area contributed by atoms with E-state index in [2.05, 4.69) is 4.72 Å². The number of benzene rings is 2. The maximum absolute atomic E-state index is 12.9. The summed E-state index contributed by atoms with van der Waals surface area (Å²) in [6.07, 6.45) is 3.75. The zero-order valence-electron chi connectivity index (χ0n) is 13.0. The average molecular weight is 330 g/mol. The highest BCUT2D eigenvalue weighted by Gasteiger charge is 2.28. The van der Waals surface area contributed by atoms with Gasteiger partial charge in [-0.2, -0.15) is 0 Å². The molecule has 2 aromatic rings. The lowest BCUT2D eigenvalue weighted by Crippen LogP contribution is -2.49. The Balaban J connectivity index is 1.94. The van der Waals surface area contributed by atoms with E-state index in [-0.39, 0.29) is 12.1 Å². The fourth-order valence-corrected chi connectivity index (χ4v) is 4.68. The summed E-state index contributed by atoms with van der Waals surface area (Å²) in [4.78, 5) is 0.309. The van der Waals surface area contributed by atoms with Crippen molar-refractivity contribution in [3.63, 3.8) is 0 Å². The van der Waals surface area contributed by atoms with Gasteiger partial charge in [-0.15, -0.1) is 0 Å². The van der Waals surface area contributed by atoms with E-state index in [9.17, 15) is 8.42 Å².